The van der Waals surface area contributed by atoms with Crippen LogP contribution in [0.1, 0.15) is 12.5 Å². The minimum atomic E-state index is -0.0274. The van der Waals surface area contributed by atoms with Gasteiger partial charge in [0.25, 0.3) is 0 Å². The summed E-state index contributed by atoms with van der Waals surface area (Å²) in [5.74, 6) is 0. The van der Waals surface area contributed by atoms with E-state index < -0.39 is 0 Å². The Kier molecular flexibility index (Phi) is 4.39. The quantitative estimate of drug-likeness (QED) is 0.845. The maximum absolute atomic E-state index is 12.1. The van der Waals surface area contributed by atoms with Crippen molar-refractivity contribution in [3.63, 3.8) is 0 Å². The topological polar surface area (TPSA) is 61.6 Å². The average molecular weight is 262 g/mol. The van der Waals surface area contributed by atoms with E-state index in [0.717, 1.165) is 30.9 Å². The van der Waals surface area contributed by atoms with Crippen LogP contribution in [0, 0.1) is 0 Å². The maximum atomic E-state index is 12.1. The van der Waals surface area contributed by atoms with Gasteiger partial charge in [-0.25, -0.2) is 4.79 Å². The number of benzene rings is 1. The van der Waals surface area contributed by atoms with Crippen LogP contribution in [-0.4, -0.2) is 48.6 Å². The second-order valence-corrected chi connectivity index (χ2v) is 5.11. The largest absolute Gasteiger partial charge is 0.326 e. The van der Waals surface area contributed by atoms with Crippen LogP contribution < -0.4 is 11.1 Å². The lowest BCUT2D eigenvalue weighted by Gasteiger charge is -2.37. The molecule has 5 nitrogen and oxygen atoms in total. The highest BCUT2D eigenvalue weighted by Crippen LogP contribution is 2.12. The number of amides is 2. The van der Waals surface area contributed by atoms with Crippen LogP contribution in [0.2, 0.25) is 0 Å². The number of carbonyl (C=O) groups is 1. The van der Waals surface area contributed by atoms with E-state index in [-0.39, 0.29) is 6.03 Å². The third-order valence-electron chi connectivity index (χ3n) is 3.69. The fraction of sp³-hybridized carbons (Fsp3) is 0.500. The first-order valence-electron chi connectivity index (χ1n) is 6.65. The number of rotatable bonds is 2. The number of nitrogens with one attached hydrogen (secondary N) is 1. The van der Waals surface area contributed by atoms with Crippen molar-refractivity contribution in [1.82, 2.24) is 9.80 Å². The standard InChI is InChI=1S/C14H22N4O/c1-11-10-18(8-7-17(11)2)14(19)16-13-5-3-12(9-15)4-6-13/h3-6,11H,7-10,15H2,1-2H3,(H,16,19). The van der Waals surface area contributed by atoms with Gasteiger partial charge in [-0.3, -0.25) is 0 Å². The Morgan fingerprint density at radius 1 is 1.37 bits per heavy atom. The van der Waals surface area contributed by atoms with Crippen LogP contribution in [0.15, 0.2) is 24.3 Å². The molecule has 2 rings (SSSR count). The van der Waals surface area contributed by atoms with Crippen molar-refractivity contribution < 1.29 is 4.79 Å². The fourth-order valence-corrected chi connectivity index (χ4v) is 2.16. The molecule has 3 N–H and O–H groups in total. The molecule has 1 aromatic rings. The van der Waals surface area contributed by atoms with Gasteiger partial charge in [-0.1, -0.05) is 12.1 Å². The summed E-state index contributed by atoms with van der Waals surface area (Å²) in [6.07, 6.45) is 0. The molecular formula is C14H22N4O. The summed E-state index contributed by atoms with van der Waals surface area (Å²) in [6.45, 7) is 5.11. The molecule has 5 heteroatoms. The summed E-state index contributed by atoms with van der Waals surface area (Å²) in [7, 11) is 2.09. The van der Waals surface area contributed by atoms with Crippen molar-refractivity contribution in [1.29, 1.82) is 0 Å². The third-order valence-corrected chi connectivity index (χ3v) is 3.69. The smallest absolute Gasteiger partial charge is 0.321 e. The van der Waals surface area contributed by atoms with Gasteiger partial charge >= 0.3 is 6.03 Å². The zero-order valence-electron chi connectivity index (χ0n) is 11.6. The lowest BCUT2D eigenvalue weighted by Crippen LogP contribution is -2.53. The van der Waals surface area contributed by atoms with Crippen molar-refractivity contribution in [2.24, 2.45) is 5.73 Å². The number of urea groups is 1. The zero-order valence-corrected chi connectivity index (χ0v) is 11.6. The zero-order chi connectivity index (χ0) is 13.8. The molecule has 0 aromatic heterocycles. The van der Waals surface area contributed by atoms with Gasteiger partial charge in [-0.05, 0) is 31.7 Å². The highest BCUT2D eigenvalue weighted by atomic mass is 16.2. The summed E-state index contributed by atoms with van der Waals surface area (Å²) in [5, 5.41) is 2.93. The summed E-state index contributed by atoms with van der Waals surface area (Å²) in [6, 6.07) is 8.02. The molecule has 1 atom stereocenters. The molecule has 1 aliphatic heterocycles. The Morgan fingerprint density at radius 3 is 2.63 bits per heavy atom. The van der Waals surface area contributed by atoms with Gasteiger partial charge in [0.05, 0.1) is 0 Å². The molecule has 0 bridgehead atoms. The predicted molar refractivity (Wildman–Crippen MR) is 77.0 cm³/mol. The Hall–Kier alpha value is -1.59. The monoisotopic (exact) mass is 262 g/mol. The lowest BCUT2D eigenvalue weighted by molar-refractivity contribution is 0.125. The van der Waals surface area contributed by atoms with Crippen molar-refractivity contribution in [2.45, 2.75) is 19.5 Å². The van der Waals surface area contributed by atoms with Crippen LogP contribution in [0.25, 0.3) is 0 Å². The molecular weight excluding hydrogens is 240 g/mol. The van der Waals surface area contributed by atoms with E-state index in [1.165, 1.54) is 0 Å². The summed E-state index contributed by atoms with van der Waals surface area (Å²) < 4.78 is 0. The molecule has 0 saturated carbocycles. The molecule has 1 aromatic carbocycles. The highest BCUT2D eigenvalue weighted by molar-refractivity contribution is 5.89. The fourth-order valence-electron chi connectivity index (χ4n) is 2.16. The van der Waals surface area contributed by atoms with Crippen LogP contribution in [0.4, 0.5) is 10.5 Å². The number of hydrogen-bond acceptors (Lipinski definition) is 3. The van der Waals surface area contributed by atoms with E-state index in [1.54, 1.807) is 0 Å². The minimum Gasteiger partial charge on any atom is -0.326 e. The molecule has 19 heavy (non-hydrogen) atoms. The number of hydrogen-bond donors (Lipinski definition) is 2. The molecule has 1 saturated heterocycles. The molecule has 104 valence electrons. The van der Waals surface area contributed by atoms with Crippen molar-refractivity contribution in [3.05, 3.63) is 29.8 Å². The van der Waals surface area contributed by atoms with Crippen molar-refractivity contribution >= 4 is 11.7 Å². The number of nitrogens with zero attached hydrogens (tertiary/aromatic N) is 2. The molecule has 1 fully saturated rings. The Balaban J connectivity index is 1.93. The van der Waals surface area contributed by atoms with E-state index in [4.69, 9.17) is 5.73 Å². The third kappa shape index (κ3) is 3.45. The van der Waals surface area contributed by atoms with E-state index in [9.17, 15) is 4.79 Å². The molecule has 0 aliphatic carbocycles. The number of nitrogens with two attached hydrogens (primary N) is 1. The number of anilines is 1. The first-order chi connectivity index (χ1) is 9.10. The number of carbonyl (C=O) groups excluding carboxylic acids is 1. The molecule has 0 radical (unpaired) electrons. The van der Waals surface area contributed by atoms with Crippen LogP contribution in [-0.2, 0) is 6.54 Å². The predicted octanol–water partition coefficient (Wildman–Crippen LogP) is 1.31. The molecule has 1 unspecified atom stereocenters. The van der Waals surface area contributed by atoms with Gasteiger partial charge in [0, 0.05) is 37.9 Å². The van der Waals surface area contributed by atoms with E-state index in [1.807, 2.05) is 29.2 Å². The molecule has 1 aliphatic rings. The van der Waals surface area contributed by atoms with Crippen molar-refractivity contribution in [2.75, 3.05) is 32.0 Å². The Labute approximate surface area is 114 Å². The first-order valence-corrected chi connectivity index (χ1v) is 6.65. The lowest BCUT2D eigenvalue weighted by atomic mass is 10.2. The first kappa shape index (κ1) is 13.8. The summed E-state index contributed by atoms with van der Waals surface area (Å²) in [4.78, 5) is 16.3. The van der Waals surface area contributed by atoms with Gasteiger partial charge in [0.1, 0.15) is 0 Å². The second kappa shape index (κ2) is 6.04. The highest BCUT2D eigenvalue weighted by Gasteiger charge is 2.24. The van der Waals surface area contributed by atoms with Crippen molar-refractivity contribution in [3.8, 4) is 0 Å². The SMILES string of the molecule is CC1CN(C(=O)Nc2ccc(CN)cc2)CCN1C. The molecule has 1 heterocycles. The Bertz CT molecular complexity index is 432. The van der Waals surface area contributed by atoms with Crippen LogP contribution in [0.5, 0.6) is 0 Å². The van der Waals surface area contributed by atoms with Gasteiger partial charge in [-0.15, -0.1) is 0 Å². The van der Waals surface area contributed by atoms with E-state index >= 15 is 0 Å². The van der Waals surface area contributed by atoms with E-state index in [2.05, 4.69) is 24.2 Å². The van der Waals surface area contributed by atoms with Gasteiger partial charge < -0.3 is 20.9 Å². The van der Waals surface area contributed by atoms with Crippen LogP contribution in [0.3, 0.4) is 0 Å². The van der Waals surface area contributed by atoms with Gasteiger partial charge in [-0.2, -0.15) is 0 Å². The minimum absolute atomic E-state index is 0.0274. The van der Waals surface area contributed by atoms with Gasteiger partial charge in [0.2, 0.25) is 0 Å². The Morgan fingerprint density at radius 2 is 2.05 bits per heavy atom. The molecule has 0 spiro atoms. The van der Waals surface area contributed by atoms with Gasteiger partial charge in [0.15, 0.2) is 0 Å². The number of likely N-dealkylation sites (N-methyl/N-ethyl adjacent to an activating group) is 1. The van der Waals surface area contributed by atoms with E-state index in [0.29, 0.717) is 12.6 Å². The second-order valence-electron chi connectivity index (χ2n) is 5.11. The summed E-state index contributed by atoms with van der Waals surface area (Å²) >= 11 is 0. The number of piperazine rings is 1. The van der Waals surface area contributed by atoms with Crippen LogP contribution >= 0.6 is 0 Å². The maximum Gasteiger partial charge on any atom is 0.321 e. The average Bonchev–Trinajstić information content (AvgIpc) is 2.42. The molecule has 2 amide bonds. The normalized spacial score (nSPS) is 20.4. The summed E-state index contributed by atoms with van der Waals surface area (Å²) in [5.41, 5.74) is 7.42.